The Morgan fingerprint density at radius 2 is 2.00 bits per heavy atom. The van der Waals surface area contributed by atoms with Crippen LogP contribution in [0.5, 0.6) is 0 Å². The number of piperidine rings is 2. The summed E-state index contributed by atoms with van der Waals surface area (Å²) in [6.07, 6.45) is 3.16. The molecule has 1 aromatic rings. The first-order valence-corrected chi connectivity index (χ1v) is 8.60. The highest BCUT2D eigenvalue weighted by Gasteiger charge is 2.56. The van der Waals surface area contributed by atoms with Crippen molar-refractivity contribution in [2.75, 3.05) is 13.7 Å². The van der Waals surface area contributed by atoms with Gasteiger partial charge in [0.2, 0.25) is 0 Å². The van der Waals surface area contributed by atoms with Crippen molar-refractivity contribution in [1.29, 1.82) is 0 Å². The fraction of sp³-hybridized carbons (Fsp3) is 0.556. The second kappa shape index (κ2) is 5.60. The molecule has 3 heterocycles. The van der Waals surface area contributed by atoms with Crippen molar-refractivity contribution in [2.45, 2.75) is 37.3 Å². The molecule has 0 radical (unpaired) electrons. The molecule has 3 aliphatic heterocycles. The number of esters is 1. The van der Waals surface area contributed by atoms with Gasteiger partial charge in [-0.05, 0) is 42.9 Å². The first-order valence-electron chi connectivity index (χ1n) is 8.23. The molecular weight excluding hydrogens is 314 g/mol. The zero-order chi connectivity index (χ0) is 16.1. The molecule has 4 rings (SSSR count). The van der Waals surface area contributed by atoms with Gasteiger partial charge >= 0.3 is 5.97 Å². The fourth-order valence-corrected chi connectivity index (χ4v) is 5.03. The number of halogens is 1. The number of rotatable bonds is 2. The topological polar surface area (TPSA) is 46.6 Å². The van der Waals surface area contributed by atoms with Gasteiger partial charge < -0.3 is 4.74 Å². The van der Waals surface area contributed by atoms with E-state index in [1.54, 1.807) is 0 Å². The Balaban J connectivity index is 1.71. The van der Waals surface area contributed by atoms with Crippen LogP contribution in [-0.2, 0) is 14.3 Å². The Hall–Kier alpha value is -1.39. The third-order valence-corrected chi connectivity index (χ3v) is 6.17. The smallest absolute Gasteiger partial charge is 0.317 e. The molecule has 0 aromatic heterocycles. The average molecular weight is 334 g/mol. The lowest BCUT2D eigenvalue weighted by Gasteiger charge is -2.49. The summed E-state index contributed by atoms with van der Waals surface area (Å²) in [5.41, 5.74) is 1.16. The highest BCUT2D eigenvalue weighted by atomic mass is 35.5. The Morgan fingerprint density at radius 1 is 1.26 bits per heavy atom. The molecule has 4 bridgehead atoms. The van der Waals surface area contributed by atoms with Crippen LogP contribution in [0.15, 0.2) is 24.3 Å². The summed E-state index contributed by atoms with van der Waals surface area (Å²) in [6, 6.07) is 8.57. The molecule has 0 saturated carbocycles. The molecule has 0 amide bonds. The Kier molecular flexibility index (Phi) is 3.69. The van der Waals surface area contributed by atoms with E-state index in [4.69, 9.17) is 16.3 Å². The van der Waals surface area contributed by atoms with Gasteiger partial charge in [-0.1, -0.05) is 23.7 Å². The minimum atomic E-state index is -0.628. The van der Waals surface area contributed by atoms with Gasteiger partial charge in [0.05, 0.1) is 7.11 Å². The van der Waals surface area contributed by atoms with Crippen molar-refractivity contribution in [3.05, 3.63) is 34.9 Å². The number of ketones is 1. The fourth-order valence-electron chi connectivity index (χ4n) is 4.90. The molecule has 23 heavy (non-hydrogen) atoms. The maximum Gasteiger partial charge on any atom is 0.317 e. The second-order valence-corrected chi connectivity index (χ2v) is 7.33. The van der Waals surface area contributed by atoms with E-state index < -0.39 is 5.92 Å². The number of carbonyl (C=O) groups excluding carboxylic acids is 2. The lowest BCUT2D eigenvalue weighted by Crippen LogP contribution is -2.60. The van der Waals surface area contributed by atoms with Crippen LogP contribution in [0, 0.1) is 11.8 Å². The Labute approximate surface area is 140 Å². The zero-order valence-electron chi connectivity index (χ0n) is 13.1. The van der Waals surface area contributed by atoms with Crippen molar-refractivity contribution in [3.63, 3.8) is 0 Å². The van der Waals surface area contributed by atoms with Gasteiger partial charge in [0.1, 0.15) is 5.92 Å². The molecule has 4 unspecified atom stereocenters. The molecule has 3 aliphatic rings. The molecule has 4 nitrogen and oxygen atoms in total. The van der Waals surface area contributed by atoms with E-state index in [2.05, 4.69) is 4.90 Å². The third-order valence-electron chi connectivity index (χ3n) is 5.91. The average Bonchev–Trinajstić information content (AvgIpc) is 2.83. The first-order chi connectivity index (χ1) is 11.1. The maximum atomic E-state index is 13.0. The van der Waals surface area contributed by atoms with Crippen LogP contribution in [0.4, 0.5) is 0 Å². The van der Waals surface area contributed by atoms with E-state index in [0.29, 0.717) is 17.6 Å². The highest BCUT2D eigenvalue weighted by molar-refractivity contribution is 6.30. The molecule has 0 spiro atoms. The molecule has 1 aromatic carbocycles. The molecule has 3 saturated heterocycles. The van der Waals surface area contributed by atoms with Crippen molar-refractivity contribution in [2.24, 2.45) is 11.8 Å². The first kappa shape index (κ1) is 15.2. The summed E-state index contributed by atoms with van der Waals surface area (Å²) in [6.45, 7) is 0.532. The number of hydrogen-bond donors (Lipinski definition) is 0. The van der Waals surface area contributed by atoms with Crippen molar-refractivity contribution >= 4 is 23.4 Å². The van der Waals surface area contributed by atoms with Crippen LogP contribution >= 0.6 is 11.6 Å². The Morgan fingerprint density at radius 3 is 2.70 bits per heavy atom. The molecule has 5 heteroatoms. The summed E-state index contributed by atoms with van der Waals surface area (Å²) in [5, 5.41) is 0.705. The van der Waals surface area contributed by atoms with E-state index >= 15 is 0 Å². The maximum absolute atomic E-state index is 13.0. The van der Waals surface area contributed by atoms with E-state index in [9.17, 15) is 9.59 Å². The summed E-state index contributed by atoms with van der Waals surface area (Å²) in [4.78, 5) is 27.5. The minimum absolute atomic E-state index is 0.0680. The lowest BCUT2D eigenvalue weighted by molar-refractivity contribution is -0.158. The van der Waals surface area contributed by atoms with E-state index in [0.717, 1.165) is 24.8 Å². The van der Waals surface area contributed by atoms with Crippen LogP contribution in [0.25, 0.3) is 0 Å². The monoisotopic (exact) mass is 333 g/mol. The SMILES string of the molecule is COC(=O)C1CN2C3CC[C@@H]2C[C@H](c2ccc(Cl)cc2)C3C1=O. The van der Waals surface area contributed by atoms with Crippen molar-refractivity contribution in [1.82, 2.24) is 4.90 Å². The predicted octanol–water partition coefficient (Wildman–Crippen LogP) is 2.65. The number of ether oxygens (including phenoxy) is 1. The van der Waals surface area contributed by atoms with Gasteiger partial charge in [0, 0.05) is 29.6 Å². The normalized spacial score (nSPS) is 38.4. The summed E-state index contributed by atoms with van der Waals surface area (Å²) >= 11 is 6.00. The summed E-state index contributed by atoms with van der Waals surface area (Å²) in [7, 11) is 1.36. The number of carbonyl (C=O) groups is 2. The molecule has 0 aliphatic carbocycles. The molecule has 0 N–H and O–H groups in total. The number of methoxy groups -OCH3 is 1. The molecule has 6 atom stereocenters. The summed E-state index contributed by atoms with van der Waals surface area (Å²) in [5.74, 6) is -0.870. The highest BCUT2D eigenvalue weighted by Crippen LogP contribution is 2.50. The van der Waals surface area contributed by atoms with Crippen LogP contribution < -0.4 is 0 Å². The van der Waals surface area contributed by atoms with Crippen molar-refractivity contribution in [3.8, 4) is 0 Å². The number of nitrogens with zero attached hydrogens (tertiary/aromatic N) is 1. The molecule has 122 valence electrons. The van der Waals surface area contributed by atoms with Crippen molar-refractivity contribution < 1.29 is 14.3 Å². The largest absolute Gasteiger partial charge is 0.468 e. The third kappa shape index (κ3) is 2.31. The van der Waals surface area contributed by atoms with Crippen LogP contribution in [0.3, 0.4) is 0 Å². The molecule has 3 fully saturated rings. The Bertz CT molecular complexity index is 644. The van der Waals surface area contributed by atoms with E-state index in [-0.39, 0.29) is 29.6 Å². The van der Waals surface area contributed by atoms with Gasteiger partial charge in [0.25, 0.3) is 0 Å². The zero-order valence-corrected chi connectivity index (χ0v) is 13.8. The quantitative estimate of drug-likeness (QED) is 0.616. The van der Waals surface area contributed by atoms with Gasteiger partial charge in [-0.3, -0.25) is 14.5 Å². The summed E-state index contributed by atoms with van der Waals surface area (Å²) < 4.78 is 4.87. The van der Waals surface area contributed by atoms with Gasteiger partial charge in [-0.25, -0.2) is 0 Å². The van der Waals surface area contributed by atoms with Gasteiger partial charge in [-0.15, -0.1) is 0 Å². The van der Waals surface area contributed by atoms with E-state index in [1.165, 1.54) is 7.11 Å². The van der Waals surface area contributed by atoms with E-state index in [1.807, 2.05) is 24.3 Å². The number of Topliss-reactive ketones (excluding diaryl/α,β-unsaturated/α-hetero) is 1. The number of benzene rings is 1. The van der Waals surface area contributed by atoms with Crippen LogP contribution in [0.1, 0.15) is 30.7 Å². The minimum Gasteiger partial charge on any atom is -0.468 e. The number of hydrogen-bond acceptors (Lipinski definition) is 4. The van der Waals surface area contributed by atoms with Crippen LogP contribution in [0.2, 0.25) is 5.02 Å². The second-order valence-electron chi connectivity index (χ2n) is 6.89. The van der Waals surface area contributed by atoms with Gasteiger partial charge in [-0.2, -0.15) is 0 Å². The predicted molar refractivity (Wildman–Crippen MR) is 86.3 cm³/mol. The lowest BCUT2D eigenvalue weighted by atomic mass is 9.68. The standard InChI is InChI=1S/C18H20ClNO3/c1-23-18(22)14-9-20-12-6-7-15(20)16(17(14)21)13(8-12)10-2-4-11(19)5-3-10/h2-5,12-16H,6-9H2,1H3/t12-,13-,14?,15?,16?/m1/s1. The van der Waals surface area contributed by atoms with Crippen LogP contribution in [-0.4, -0.2) is 42.4 Å². The molecular formula is C18H20ClNO3. The van der Waals surface area contributed by atoms with Gasteiger partial charge in [0.15, 0.2) is 5.78 Å².